The molecule has 26 heavy (non-hydrogen) atoms. The quantitative estimate of drug-likeness (QED) is 0.738. The van der Waals surface area contributed by atoms with Gasteiger partial charge in [-0.25, -0.2) is 13.6 Å². The highest BCUT2D eigenvalue weighted by Gasteiger charge is 2.24. The third-order valence-corrected chi connectivity index (χ3v) is 5.44. The monoisotopic (exact) mass is 438 g/mol. The number of carbonyl (C=O) groups excluding carboxylic acids is 1. The summed E-state index contributed by atoms with van der Waals surface area (Å²) in [5.41, 5.74) is 1.22. The molecular formula is C19H23BrN2O3S. The average molecular weight is 439 g/mol. The first-order valence-corrected chi connectivity index (χ1v) is 10.5. The maximum absolute atomic E-state index is 12.8. The third kappa shape index (κ3) is 5.65. The van der Waals surface area contributed by atoms with Crippen LogP contribution in [0.5, 0.6) is 0 Å². The minimum absolute atomic E-state index is 0.00648. The lowest BCUT2D eigenvalue weighted by atomic mass is 9.85. The summed E-state index contributed by atoms with van der Waals surface area (Å²) in [6.45, 7) is 6.31. The van der Waals surface area contributed by atoms with Crippen molar-refractivity contribution in [3.8, 4) is 0 Å². The van der Waals surface area contributed by atoms with Crippen LogP contribution in [0.25, 0.3) is 0 Å². The standard InChI is InChI=1S/C19H23BrN2O3S/c1-19(2,3)12-17(13-7-5-4-6-8-13)22-18(23)15-11-14(26(21,24)25)9-10-16(15)20/h4-11,17H,12H2,1-3H3,(H,22,23)(H2,21,24,25). The smallest absolute Gasteiger partial charge is 0.252 e. The molecule has 1 atom stereocenters. The second kappa shape index (κ2) is 7.90. The SMILES string of the molecule is CC(C)(C)CC(NC(=O)c1cc(S(N)(=O)=O)ccc1Br)c1ccccc1. The predicted octanol–water partition coefficient (Wildman–Crippen LogP) is 4.00. The van der Waals surface area contributed by atoms with E-state index in [0.717, 1.165) is 12.0 Å². The zero-order valence-electron chi connectivity index (χ0n) is 15.0. The molecule has 0 fully saturated rings. The van der Waals surface area contributed by atoms with Gasteiger partial charge in [0.2, 0.25) is 10.0 Å². The Bertz CT molecular complexity index is 891. The van der Waals surface area contributed by atoms with E-state index in [-0.39, 0.29) is 27.8 Å². The van der Waals surface area contributed by atoms with Crippen LogP contribution in [0.2, 0.25) is 0 Å². The second-order valence-electron chi connectivity index (χ2n) is 7.39. The van der Waals surface area contributed by atoms with Gasteiger partial charge in [-0.05, 0) is 51.5 Å². The molecule has 0 saturated heterocycles. The largest absolute Gasteiger partial charge is 0.345 e. The molecule has 5 nitrogen and oxygen atoms in total. The number of rotatable bonds is 5. The number of nitrogens with two attached hydrogens (primary N) is 1. The number of hydrogen-bond acceptors (Lipinski definition) is 3. The number of sulfonamides is 1. The van der Waals surface area contributed by atoms with Crippen LogP contribution in [0.15, 0.2) is 57.9 Å². The summed E-state index contributed by atoms with van der Waals surface area (Å²) in [6, 6.07) is 13.7. The molecule has 2 rings (SSSR count). The highest BCUT2D eigenvalue weighted by atomic mass is 79.9. The zero-order valence-corrected chi connectivity index (χ0v) is 17.4. The van der Waals surface area contributed by atoms with Crippen LogP contribution in [0.4, 0.5) is 0 Å². The van der Waals surface area contributed by atoms with Gasteiger partial charge in [-0.3, -0.25) is 4.79 Å². The minimum atomic E-state index is -3.89. The van der Waals surface area contributed by atoms with Crippen molar-refractivity contribution >= 4 is 31.9 Å². The van der Waals surface area contributed by atoms with Crippen molar-refractivity contribution in [1.29, 1.82) is 0 Å². The molecule has 3 N–H and O–H groups in total. The first kappa shape index (κ1) is 20.6. The average Bonchev–Trinajstić information content (AvgIpc) is 2.53. The summed E-state index contributed by atoms with van der Waals surface area (Å²) < 4.78 is 23.7. The molecule has 1 amide bonds. The number of primary sulfonamides is 1. The van der Waals surface area contributed by atoms with Crippen molar-refractivity contribution in [2.45, 2.75) is 38.1 Å². The molecule has 0 heterocycles. The van der Waals surface area contributed by atoms with Crippen LogP contribution in [0.3, 0.4) is 0 Å². The van der Waals surface area contributed by atoms with Crippen molar-refractivity contribution in [3.05, 3.63) is 64.1 Å². The van der Waals surface area contributed by atoms with E-state index in [1.54, 1.807) is 0 Å². The Balaban J connectivity index is 2.36. The molecule has 2 aromatic rings. The number of carbonyl (C=O) groups is 1. The van der Waals surface area contributed by atoms with Gasteiger partial charge in [0.05, 0.1) is 16.5 Å². The molecule has 7 heteroatoms. The molecule has 0 aliphatic carbocycles. The lowest BCUT2D eigenvalue weighted by Crippen LogP contribution is -2.31. The maximum atomic E-state index is 12.8. The number of hydrogen-bond donors (Lipinski definition) is 2. The molecular weight excluding hydrogens is 416 g/mol. The van der Waals surface area contributed by atoms with Crippen molar-refractivity contribution < 1.29 is 13.2 Å². The number of amides is 1. The zero-order chi connectivity index (χ0) is 19.5. The van der Waals surface area contributed by atoms with Crippen LogP contribution in [0.1, 0.15) is 49.2 Å². The Morgan fingerprint density at radius 2 is 1.77 bits per heavy atom. The first-order valence-electron chi connectivity index (χ1n) is 8.15. The lowest BCUT2D eigenvalue weighted by Gasteiger charge is -2.27. The lowest BCUT2D eigenvalue weighted by molar-refractivity contribution is 0.0925. The van der Waals surface area contributed by atoms with Crippen LogP contribution in [-0.4, -0.2) is 14.3 Å². The van der Waals surface area contributed by atoms with Crippen molar-refractivity contribution in [3.63, 3.8) is 0 Å². The van der Waals surface area contributed by atoms with Gasteiger partial charge >= 0.3 is 0 Å². The van der Waals surface area contributed by atoms with Crippen molar-refractivity contribution in [1.82, 2.24) is 5.32 Å². The summed E-state index contributed by atoms with van der Waals surface area (Å²) in [7, 11) is -3.89. The van der Waals surface area contributed by atoms with Gasteiger partial charge in [0.1, 0.15) is 0 Å². The van der Waals surface area contributed by atoms with Gasteiger partial charge in [0, 0.05) is 4.47 Å². The molecule has 0 aliphatic heterocycles. The van der Waals surface area contributed by atoms with Crippen LogP contribution < -0.4 is 10.5 Å². The highest BCUT2D eigenvalue weighted by molar-refractivity contribution is 9.10. The summed E-state index contributed by atoms with van der Waals surface area (Å²) in [6.07, 6.45) is 0.731. The fraction of sp³-hybridized carbons (Fsp3) is 0.316. The summed E-state index contributed by atoms with van der Waals surface area (Å²) in [5.74, 6) is -0.361. The highest BCUT2D eigenvalue weighted by Crippen LogP contribution is 2.30. The Labute approximate surface area is 163 Å². The Morgan fingerprint density at radius 1 is 1.15 bits per heavy atom. The third-order valence-electron chi connectivity index (χ3n) is 3.83. The first-order chi connectivity index (χ1) is 12.0. The van der Waals surface area contributed by atoms with E-state index in [4.69, 9.17) is 5.14 Å². The van der Waals surface area contributed by atoms with Crippen molar-refractivity contribution in [2.24, 2.45) is 10.6 Å². The van der Waals surface area contributed by atoms with Gasteiger partial charge in [-0.1, -0.05) is 51.1 Å². The Kier molecular flexibility index (Phi) is 6.26. The minimum Gasteiger partial charge on any atom is -0.345 e. The number of halogens is 1. The number of benzene rings is 2. The molecule has 1 unspecified atom stereocenters. The fourth-order valence-corrected chi connectivity index (χ4v) is 3.61. The van der Waals surface area contributed by atoms with Crippen molar-refractivity contribution in [2.75, 3.05) is 0 Å². The maximum Gasteiger partial charge on any atom is 0.252 e. The topological polar surface area (TPSA) is 89.3 Å². The predicted molar refractivity (Wildman–Crippen MR) is 106 cm³/mol. The Hall–Kier alpha value is -1.70. The molecule has 140 valence electrons. The van der Waals surface area contributed by atoms with Crippen LogP contribution >= 0.6 is 15.9 Å². The van der Waals surface area contributed by atoms with Gasteiger partial charge in [-0.15, -0.1) is 0 Å². The normalized spacial score (nSPS) is 13.3. The molecule has 0 aliphatic rings. The van der Waals surface area contributed by atoms with Gasteiger partial charge in [0.25, 0.3) is 5.91 Å². The number of nitrogens with one attached hydrogen (secondary N) is 1. The summed E-state index contributed by atoms with van der Waals surface area (Å²) in [5, 5.41) is 8.20. The molecule has 0 aromatic heterocycles. The molecule has 0 spiro atoms. The second-order valence-corrected chi connectivity index (χ2v) is 9.80. The van der Waals surface area contributed by atoms with Gasteiger partial charge in [0.15, 0.2) is 0 Å². The van der Waals surface area contributed by atoms with Crippen LogP contribution in [0, 0.1) is 5.41 Å². The molecule has 2 aromatic carbocycles. The summed E-state index contributed by atoms with van der Waals surface area (Å²) in [4.78, 5) is 12.7. The van der Waals surface area contributed by atoms with E-state index in [2.05, 4.69) is 42.0 Å². The Morgan fingerprint density at radius 3 is 2.31 bits per heavy atom. The fourth-order valence-electron chi connectivity index (χ4n) is 2.64. The van der Waals surface area contributed by atoms with E-state index in [1.807, 2.05) is 30.3 Å². The molecule has 0 bridgehead atoms. The van der Waals surface area contributed by atoms with Gasteiger partial charge in [-0.2, -0.15) is 0 Å². The van der Waals surface area contributed by atoms with E-state index in [9.17, 15) is 13.2 Å². The summed E-state index contributed by atoms with van der Waals surface area (Å²) >= 11 is 3.31. The van der Waals surface area contributed by atoms with Gasteiger partial charge < -0.3 is 5.32 Å². The molecule has 0 radical (unpaired) electrons. The van der Waals surface area contributed by atoms with E-state index in [1.165, 1.54) is 18.2 Å². The van der Waals surface area contributed by atoms with E-state index in [0.29, 0.717) is 4.47 Å². The van der Waals surface area contributed by atoms with Crippen LogP contribution in [-0.2, 0) is 10.0 Å². The van der Waals surface area contributed by atoms with E-state index < -0.39 is 10.0 Å². The van der Waals surface area contributed by atoms with E-state index >= 15 is 0 Å². The molecule has 0 saturated carbocycles.